The summed E-state index contributed by atoms with van der Waals surface area (Å²) >= 11 is 0.705. The van der Waals surface area contributed by atoms with Crippen LogP contribution in [0.1, 0.15) is 116 Å². The Morgan fingerprint density at radius 3 is 1.47 bits per heavy atom. The normalized spacial score (nSPS) is 23.7. The van der Waals surface area contributed by atoms with E-state index >= 15 is 28.8 Å². The zero-order valence-electron chi connectivity index (χ0n) is 75.2. The second kappa shape index (κ2) is 49.3. The Kier molecular flexibility index (Phi) is 38.7. The molecule has 1 aliphatic heterocycles. The van der Waals surface area contributed by atoms with Crippen molar-refractivity contribution in [1.82, 2.24) is 83.9 Å². The first-order chi connectivity index (χ1) is 62.6. The first-order valence-corrected chi connectivity index (χ1v) is 44.7. The highest BCUT2D eigenvalue weighted by atomic mass is 32.2. The molecule has 132 heavy (non-hydrogen) atoms. The van der Waals surface area contributed by atoms with E-state index in [9.17, 15) is 72.9 Å². The highest BCUT2D eigenvalue weighted by Gasteiger charge is 2.42. The third kappa shape index (κ3) is 31.5. The zero-order valence-corrected chi connectivity index (χ0v) is 76.0. The number of phenolic OH excluding ortho intramolecular Hbond substituents is 1. The number of fused-ring (bicyclic) bond motifs is 1. The van der Waals surface area contributed by atoms with Crippen LogP contribution in [-0.4, -0.2) is 260 Å². The minimum Gasteiger partial charge on any atom is -0.508 e. The van der Waals surface area contributed by atoms with Gasteiger partial charge in [0.1, 0.15) is 90.3 Å². The standard InChI is InChI=1S/C92H120N18O21S/c1-48(2)35-63-86(125)107-77(49(3)4)90(129)105-71(45-111)88(127)106-72(89(128)96-51(7)79(94)118)46-132-47-75(115)98-64(36-53-19-13-11-14-20-53)80(119)100-66(39-56-29-33-60(112)34-30-56)82(121)104-70(42-76(116)117)85(124)103-68(40-59-43-95-62-24-18-17-23-61(59)62)83(122)101-65(37-54-25-26-54)81(120)102-67(38-55-27-31-58(32-28-55)57-21-15-12-16-22-57)87(126)108-78(50(5)6)92(131)110(10)52(8)91(130)109(9)44-74(114)97-69(41-73(93)113)84(123)99-63/h11-24,27-34,43,48-52,54,63-72,77-78,95,111-112H,25-26,35-42,44-47H2,1-10H3,(H2,93,113)(H2,94,118)(H,96,128)(H,97,114)(H,98,115)(H,99,123)(H,100,119)(H,101,122)(H,102,120)(H,103,124)(H,104,121)(H,105,129)(H,106,127)(H,107,125)(H,108,126)(H,116,117)/t51-,52-,63-,64-,65-,66-,67-,68-,69-,70-,71-,72-,77-,78-/m0/s1. The van der Waals surface area contributed by atoms with Gasteiger partial charge in [0.2, 0.25) is 100 Å². The van der Waals surface area contributed by atoms with Gasteiger partial charge in [-0.15, -0.1) is 11.8 Å². The van der Waals surface area contributed by atoms with Gasteiger partial charge < -0.3 is 111 Å². The van der Waals surface area contributed by atoms with E-state index < -0.39 is 247 Å². The van der Waals surface area contributed by atoms with Gasteiger partial charge >= 0.3 is 5.97 Å². The fourth-order valence-corrected chi connectivity index (χ4v) is 15.5. The van der Waals surface area contributed by atoms with Crippen LogP contribution in [0.15, 0.2) is 140 Å². The number of carbonyl (C=O) groups excluding carboxylic acids is 17. The number of aliphatic hydroxyl groups excluding tert-OH is 1. The topological polar surface area (TPSA) is 599 Å². The van der Waals surface area contributed by atoms with Crippen LogP contribution in [0.4, 0.5) is 0 Å². The minimum absolute atomic E-state index is 0.00887. The number of rotatable bonds is 23. The van der Waals surface area contributed by atoms with Crippen LogP contribution in [0.3, 0.4) is 0 Å². The quantitative estimate of drug-likeness (QED) is 0.0372. The van der Waals surface area contributed by atoms with Crippen molar-refractivity contribution in [2.24, 2.45) is 35.1 Å². The lowest BCUT2D eigenvalue weighted by atomic mass is 9.98. The number of aromatic hydroxyl groups is 1. The first kappa shape index (κ1) is 104. The number of nitrogens with two attached hydrogens (primary N) is 2. The van der Waals surface area contributed by atoms with Crippen molar-refractivity contribution in [2.45, 2.75) is 204 Å². The van der Waals surface area contributed by atoms with Gasteiger partial charge in [-0.25, -0.2) is 0 Å². The fourth-order valence-electron chi connectivity index (χ4n) is 14.6. The molecule has 0 spiro atoms. The van der Waals surface area contributed by atoms with Crippen molar-refractivity contribution in [3.05, 3.63) is 162 Å². The number of nitrogens with one attached hydrogen (secondary N) is 14. The Bertz CT molecular complexity index is 5120. The van der Waals surface area contributed by atoms with Crippen LogP contribution in [0.2, 0.25) is 0 Å². The van der Waals surface area contributed by atoms with E-state index in [1.54, 1.807) is 101 Å². The molecule has 40 heteroatoms. The number of carboxylic acids is 1. The van der Waals surface area contributed by atoms with Crippen molar-refractivity contribution >= 4 is 129 Å². The molecule has 1 saturated heterocycles. The highest BCUT2D eigenvalue weighted by molar-refractivity contribution is 8.00. The average Bonchev–Trinajstić information content (AvgIpc) is 1.66. The summed E-state index contributed by atoms with van der Waals surface area (Å²) in [5, 5.41) is 65.5. The van der Waals surface area contributed by atoms with Crippen molar-refractivity contribution in [2.75, 3.05) is 38.8 Å². The van der Waals surface area contributed by atoms with E-state index in [1.165, 1.54) is 66.1 Å². The molecule has 17 amide bonds. The number of hydrogen-bond acceptors (Lipinski definition) is 21. The van der Waals surface area contributed by atoms with E-state index in [1.807, 2.05) is 42.5 Å². The van der Waals surface area contributed by atoms with Crippen LogP contribution < -0.4 is 80.6 Å². The Morgan fingerprint density at radius 1 is 0.477 bits per heavy atom. The number of nitrogens with zero attached hydrogens (tertiary/aromatic N) is 2. The molecule has 21 N–H and O–H groups in total. The molecule has 0 bridgehead atoms. The molecule has 1 saturated carbocycles. The SMILES string of the molecule is CC(C)C[C@@H]1NC(=O)[C@H](CC(N)=O)NC(=O)CN(C)C(=O)[C@H](C)N(C)C(=O)[C@H](C(C)C)NC(=O)[C@H](Cc2ccc(-c3ccccc3)cc2)NC(=O)[C@H](CC2CC2)NC(=O)[C@H](Cc2c[nH]c3ccccc23)NC(=O)[C@H](CC(=O)O)NC(=O)[C@H](Cc2ccc(O)cc2)NC(=O)[C@H](Cc2ccccc2)NC(=O)CSC[C@@H](C(=O)N[C@@H](C)C(N)=O)NC(=O)[C@H](CO)NC(=O)[C@H](C(C)C)NC1=O. The number of aliphatic carboxylic acids is 1. The molecule has 39 nitrogen and oxygen atoms in total. The first-order valence-electron chi connectivity index (χ1n) is 43.5. The molecule has 2 heterocycles. The number of hydrogen-bond donors (Lipinski definition) is 19. The molecule has 2 aliphatic rings. The smallest absolute Gasteiger partial charge is 0.305 e. The van der Waals surface area contributed by atoms with Crippen LogP contribution in [-0.2, 0) is 112 Å². The number of para-hydroxylation sites is 1. The molecule has 6 aromatic rings. The van der Waals surface area contributed by atoms with Crippen molar-refractivity contribution in [1.29, 1.82) is 0 Å². The largest absolute Gasteiger partial charge is 0.508 e. The van der Waals surface area contributed by atoms with Gasteiger partial charge in [0, 0.05) is 62.6 Å². The van der Waals surface area contributed by atoms with Crippen LogP contribution in [0, 0.1) is 23.7 Å². The number of phenols is 1. The van der Waals surface area contributed by atoms with Gasteiger partial charge in [-0.05, 0) is 102 Å². The number of primary amides is 2. The lowest BCUT2D eigenvalue weighted by Crippen LogP contribution is -2.61. The average molecular weight is 1850 g/mol. The number of aromatic amines is 1. The third-order valence-electron chi connectivity index (χ3n) is 22.4. The monoisotopic (exact) mass is 1840 g/mol. The number of benzene rings is 5. The number of aliphatic hydroxyl groups is 1. The molecule has 5 aromatic carbocycles. The highest BCUT2D eigenvalue weighted by Crippen LogP contribution is 2.34. The molecule has 1 aromatic heterocycles. The predicted octanol–water partition coefficient (Wildman–Crippen LogP) is -0.829. The Balaban J connectivity index is 1.18. The molecule has 2 fully saturated rings. The van der Waals surface area contributed by atoms with Crippen LogP contribution >= 0.6 is 11.8 Å². The summed E-state index contributed by atoms with van der Waals surface area (Å²) in [5.41, 5.74) is 15.1. The Hall–Kier alpha value is -13.8. The zero-order chi connectivity index (χ0) is 96.9. The van der Waals surface area contributed by atoms with Gasteiger partial charge in [0.15, 0.2) is 0 Å². The van der Waals surface area contributed by atoms with Gasteiger partial charge in [-0.1, -0.05) is 170 Å². The van der Waals surface area contributed by atoms with Gasteiger partial charge in [0.05, 0.1) is 31.7 Å². The molecule has 1 aliphatic carbocycles. The lowest BCUT2D eigenvalue weighted by molar-refractivity contribution is -0.147. The maximum Gasteiger partial charge on any atom is 0.305 e. The van der Waals surface area contributed by atoms with Gasteiger partial charge in [-0.3, -0.25) is 86.3 Å². The number of thioether (sulfide) groups is 1. The lowest BCUT2D eigenvalue weighted by Gasteiger charge is -2.33. The van der Waals surface area contributed by atoms with Crippen LogP contribution in [0.5, 0.6) is 5.75 Å². The molecule has 710 valence electrons. The van der Waals surface area contributed by atoms with E-state index in [-0.39, 0.29) is 49.7 Å². The summed E-state index contributed by atoms with van der Waals surface area (Å²) in [6.07, 6.45) is -0.535. The maximum absolute atomic E-state index is 15.5. The van der Waals surface area contributed by atoms with E-state index in [0.717, 1.165) is 20.9 Å². The second-order valence-corrected chi connectivity index (χ2v) is 35.3. The van der Waals surface area contributed by atoms with Crippen molar-refractivity contribution < 1.29 is 102 Å². The Labute approximate surface area is 767 Å². The minimum atomic E-state index is -2.05. The number of likely N-dealkylation sites (N-methyl/N-ethyl adjacent to an activating group) is 2. The molecule has 14 atom stereocenters. The number of H-pyrrole nitrogens is 1. The molecular weight excluding hydrogens is 1730 g/mol. The van der Waals surface area contributed by atoms with Gasteiger partial charge in [-0.2, -0.15) is 0 Å². The molecule has 0 radical (unpaired) electrons. The predicted molar refractivity (Wildman–Crippen MR) is 486 cm³/mol. The summed E-state index contributed by atoms with van der Waals surface area (Å²) in [6, 6.07) is 14.3. The second-order valence-electron chi connectivity index (χ2n) is 34.3. The number of amides is 17. The summed E-state index contributed by atoms with van der Waals surface area (Å²) in [7, 11) is 2.48. The number of carbonyl (C=O) groups is 18. The third-order valence-corrected chi connectivity index (χ3v) is 23.4. The Morgan fingerprint density at radius 2 is 0.924 bits per heavy atom. The fraction of sp³-hybridized carbons (Fsp3) is 0.457. The summed E-state index contributed by atoms with van der Waals surface area (Å²) in [6.45, 7) is 10.2. The maximum atomic E-state index is 15.5. The van der Waals surface area contributed by atoms with Crippen molar-refractivity contribution in [3.63, 3.8) is 0 Å². The number of carboxylic acid groups (broad SMARTS) is 1. The summed E-state index contributed by atoms with van der Waals surface area (Å²) in [5.74, 6) is -22.3. The summed E-state index contributed by atoms with van der Waals surface area (Å²) in [4.78, 5) is 263. The van der Waals surface area contributed by atoms with Gasteiger partial charge in [0.25, 0.3) is 0 Å². The molecule has 0 unspecified atom stereocenters. The molecule has 8 rings (SSSR count). The number of aromatic nitrogens is 1. The van der Waals surface area contributed by atoms with Crippen molar-refractivity contribution in [3.8, 4) is 16.9 Å². The summed E-state index contributed by atoms with van der Waals surface area (Å²) < 4.78 is 0. The van der Waals surface area contributed by atoms with Crippen LogP contribution in [0.25, 0.3) is 22.0 Å². The molecular formula is C92H120N18O21S. The van der Waals surface area contributed by atoms with E-state index in [2.05, 4.69) is 74.1 Å². The van der Waals surface area contributed by atoms with E-state index in [4.69, 9.17) is 11.5 Å². The van der Waals surface area contributed by atoms with E-state index in [0.29, 0.717) is 57.8 Å².